The van der Waals surface area contributed by atoms with Crippen molar-refractivity contribution in [1.82, 2.24) is 9.97 Å². The minimum absolute atomic E-state index is 0.0219. The maximum absolute atomic E-state index is 12.7. The number of rotatable bonds is 5. The van der Waals surface area contributed by atoms with E-state index in [2.05, 4.69) is 15.3 Å². The van der Waals surface area contributed by atoms with Crippen LogP contribution in [0.4, 0.5) is 5.69 Å². The zero-order chi connectivity index (χ0) is 21.2. The van der Waals surface area contributed by atoms with Crippen LogP contribution in [0.1, 0.15) is 21.7 Å². The van der Waals surface area contributed by atoms with Gasteiger partial charge in [0.1, 0.15) is 17.0 Å². The fraction of sp³-hybridized carbons (Fsp3) is 0.0800. The number of para-hydroxylation sites is 3. The molecule has 2 heterocycles. The molecule has 0 bridgehead atoms. The van der Waals surface area contributed by atoms with E-state index in [9.17, 15) is 9.59 Å². The van der Waals surface area contributed by atoms with Crippen molar-refractivity contribution in [1.29, 1.82) is 0 Å². The SMILES string of the molecule is O=C(Nc1cccc(CCc2nc3ccccc3[nH]2)c1)c1cc2ccccc2oc1=O. The van der Waals surface area contributed by atoms with Crippen LogP contribution < -0.4 is 10.9 Å². The number of nitrogens with one attached hydrogen (secondary N) is 2. The molecule has 3 aromatic carbocycles. The molecule has 0 saturated heterocycles. The molecule has 0 atom stereocenters. The number of carbonyl (C=O) groups excluding carboxylic acids is 1. The lowest BCUT2D eigenvalue weighted by Gasteiger charge is -2.07. The van der Waals surface area contributed by atoms with Gasteiger partial charge in [0.05, 0.1) is 11.0 Å². The van der Waals surface area contributed by atoms with Gasteiger partial charge in [0, 0.05) is 17.5 Å². The summed E-state index contributed by atoms with van der Waals surface area (Å²) in [5.74, 6) is 0.429. The van der Waals surface area contributed by atoms with Gasteiger partial charge in [-0.2, -0.15) is 0 Å². The van der Waals surface area contributed by atoms with Crippen molar-refractivity contribution in [2.45, 2.75) is 12.8 Å². The molecular weight excluding hydrogens is 390 g/mol. The summed E-state index contributed by atoms with van der Waals surface area (Å²) in [5, 5.41) is 3.50. The third-order valence-corrected chi connectivity index (χ3v) is 5.16. The van der Waals surface area contributed by atoms with E-state index in [4.69, 9.17) is 4.42 Å². The molecule has 0 radical (unpaired) electrons. The summed E-state index contributed by atoms with van der Waals surface area (Å²) in [4.78, 5) is 32.8. The maximum Gasteiger partial charge on any atom is 0.349 e. The van der Waals surface area contributed by atoms with E-state index in [1.54, 1.807) is 30.3 Å². The Morgan fingerprint density at radius 2 is 1.77 bits per heavy atom. The second-order valence-electron chi connectivity index (χ2n) is 7.34. The average Bonchev–Trinajstić information content (AvgIpc) is 3.20. The number of hydrogen-bond acceptors (Lipinski definition) is 4. The molecule has 2 N–H and O–H groups in total. The Morgan fingerprint density at radius 3 is 2.68 bits per heavy atom. The Bertz CT molecular complexity index is 1430. The number of aromatic nitrogens is 2. The van der Waals surface area contributed by atoms with Gasteiger partial charge in [-0.1, -0.05) is 42.5 Å². The maximum atomic E-state index is 12.7. The second kappa shape index (κ2) is 7.91. The van der Waals surface area contributed by atoms with Crippen LogP contribution in [0.2, 0.25) is 0 Å². The molecule has 0 saturated carbocycles. The molecule has 0 spiro atoms. The lowest BCUT2D eigenvalue weighted by molar-refractivity contribution is 0.102. The van der Waals surface area contributed by atoms with Crippen molar-refractivity contribution >= 4 is 33.6 Å². The molecule has 0 fully saturated rings. The number of imidazole rings is 1. The summed E-state index contributed by atoms with van der Waals surface area (Å²) in [6.07, 6.45) is 1.52. The van der Waals surface area contributed by atoms with E-state index in [1.165, 1.54) is 0 Å². The molecule has 31 heavy (non-hydrogen) atoms. The first-order valence-corrected chi connectivity index (χ1v) is 10.0. The molecule has 0 aliphatic carbocycles. The van der Waals surface area contributed by atoms with Gasteiger partial charge in [0.2, 0.25) is 0 Å². The van der Waals surface area contributed by atoms with Gasteiger partial charge in [-0.3, -0.25) is 4.79 Å². The van der Waals surface area contributed by atoms with Crippen molar-refractivity contribution in [3.63, 3.8) is 0 Å². The number of aryl methyl sites for hydroxylation is 2. The number of benzene rings is 3. The predicted molar refractivity (Wildman–Crippen MR) is 120 cm³/mol. The lowest BCUT2D eigenvalue weighted by Crippen LogP contribution is -2.20. The van der Waals surface area contributed by atoms with Crippen LogP contribution in [-0.4, -0.2) is 15.9 Å². The van der Waals surface area contributed by atoms with Gasteiger partial charge in [0.25, 0.3) is 5.91 Å². The Balaban J connectivity index is 1.31. The number of aromatic amines is 1. The zero-order valence-electron chi connectivity index (χ0n) is 16.6. The Labute approximate surface area is 177 Å². The van der Waals surface area contributed by atoms with Gasteiger partial charge in [0.15, 0.2) is 0 Å². The molecule has 152 valence electrons. The van der Waals surface area contributed by atoms with Crippen molar-refractivity contribution < 1.29 is 9.21 Å². The number of amides is 1. The molecule has 5 rings (SSSR count). The molecular formula is C25H19N3O3. The zero-order valence-corrected chi connectivity index (χ0v) is 16.6. The van der Waals surface area contributed by atoms with Crippen LogP contribution in [0.25, 0.3) is 22.0 Å². The number of anilines is 1. The third-order valence-electron chi connectivity index (χ3n) is 5.16. The fourth-order valence-corrected chi connectivity index (χ4v) is 3.61. The standard InChI is InChI=1S/C25H19N3O3/c29-24(19-15-17-7-1-4-11-22(17)31-25(19)30)26-18-8-5-6-16(14-18)12-13-23-27-20-9-2-3-10-21(20)28-23/h1-11,14-15H,12-13H2,(H,26,29)(H,27,28). The van der Waals surface area contributed by atoms with Crippen LogP contribution in [0.3, 0.4) is 0 Å². The van der Waals surface area contributed by atoms with E-state index < -0.39 is 11.5 Å². The first-order chi connectivity index (χ1) is 15.2. The number of nitrogens with zero attached hydrogens (tertiary/aromatic N) is 1. The minimum atomic E-state index is -0.655. The van der Waals surface area contributed by atoms with Crippen molar-refractivity contribution in [2.24, 2.45) is 0 Å². The van der Waals surface area contributed by atoms with Crippen molar-refractivity contribution in [3.8, 4) is 0 Å². The van der Waals surface area contributed by atoms with E-state index in [0.29, 0.717) is 16.7 Å². The van der Waals surface area contributed by atoms with E-state index >= 15 is 0 Å². The topological polar surface area (TPSA) is 88.0 Å². The Morgan fingerprint density at radius 1 is 0.935 bits per heavy atom. The highest BCUT2D eigenvalue weighted by atomic mass is 16.4. The fourth-order valence-electron chi connectivity index (χ4n) is 3.61. The number of carbonyl (C=O) groups is 1. The smallest absolute Gasteiger partial charge is 0.349 e. The molecule has 0 aliphatic heterocycles. The summed E-state index contributed by atoms with van der Waals surface area (Å²) in [6, 6.07) is 24.2. The number of hydrogen-bond donors (Lipinski definition) is 2. The van der Waals surface area contributed by atoms with Gasteiger partial charge >= 0.3 is 5.63 Å². The lowest BCUT2D eigenvalue weighted by atomic mass is 10.1. The highest BCUT2D eigenvalue weighted by Crippen LogP contribution is 2.17. The van der Waals surface area contributed by atoms with Gasteiger partial charge in [-0.25, -0.2) is 9.78 Å². The summed E-state index contributed by atoms with van der Waals surface area (Å²) in [6.45, 7) is 0. The average molecular weight is 409 g/mol. The largest absolute Gasteiger partial charge is 0.422 e. The highest BCUT2D eigenvalue weighted by molar-refractivity contribution is 6.05. The van der Waals surface area contributed by atoms with E-state index in [0.717, 1.165) is 35.3 Å². The summed E-state index contributed by atoms with van der Waals surface area (Å²) >= 11 is 0. The van der Waals surface area contributed by atoms with Gasteiger partial charge < -0.3 is 14.7 Å². The van der Waals surface area contributed by atoms with Crippen LogP contribution in [0.15, 0.2) is 88.1 Å². The summed E-state index contributed by atoms with van der Waals surface area (Å²) < 4.78 is 5.26. The van der Waals surface area contributed by atoms with E-state index in [1.807, 2.05) is 48.5 Å². The minimum Gasteiger partial charge on any atom is -0.422 e. The van der Waals surface area contributed by atoms with Gasteiger partial charge in [-0.15, -0.1) is 0 Å². The second-order valence-corrected chi connectivity index (χ2v) is 7.34. The molecule has 6 heteroatoms. The molecule has 5 aromatic rings. The van der Waals surface area contributed by atoms with Crippen LogP contribution in [0, 0.1) is 0 Å². The highest BCUT2D eigenvalue weighted by Gasteiger charge is 2.14. The normalized spacial score (nSPS) is 11.1. The predicted octanol–water partition coefficient (Wildman–Crippen LogP) is 4.71. The molecule has 1 amide bonds. The van der Waals surface area contributed by atoms with Crippen LogP contribution in [0.5, 0.6) is 0 Å². The van der Waals surface area contributed by atoms with Crippen molar-refractivity contribution in [2.75, 3.05) is 5.32 Å². The third kappa shape index (κ3) is 3.96. The number of H-pyrrole nitrogens is 1. The summed E-state index contributed by atoms with van der Waals surface area (Å²) in [7, 11) is 0. The Kier molecular flexibility index (Phi) is 4.80. The quantitative estimate of drug-likeness (QED) is 0.412. The van der Waals surface area contributed by atoms with Crippen molar-refractivity contribution in [3.05, 3.63) is 106 Å². The first kappa shape index (κ1) is 18.8. The monoisotopic (exact) mass is 409 g/mol. The Hall–Kier alpha value is -4.19. The summed E-state index contributed by atoms with van der Waals surface area (Å²) in [5.41, 5.74) is 3.43. The van der Waals surface area contributed by atoms with Crippen LogP contribution >= 0.6 is 0 Å². The number of fused-ring (bicyclic) bond motifs is 2. The van der Waals surface area contributed by atoms with Gasteiger partial charge in [-0.05, 0) is 48.4 Å². The van der Waals surface area contributed by atoms with Crippen LogP contribution in [-0.2, 0) is 12.8 Å². The van der Waals surface area contributed by atoms with E-state index in [-0.39, 0.29) is 5.56 Å². The first-order valence-electron chi connectivity index (χ1n) is 10.0. The molecule has 0 unspecified atom stereocenters. The molecule has 6 nitrogen and oxygen atoms in total. The molecule has 0 aliphatic rings. The molecule has 2 aromatic heterocycles.